The Bertz CT molecular complexity index is 557. The molecule has 6 nitrogen and oxygen atoms in total. The normalized spacial score (nSPS) is 17.1. The lowest BCUT2D eigenvalue weighted by molar-refractivity contribution is 0.314. The van der Waals surface area contributed by atoms with E-state index in [0.717, 1.165) is 31.9 Å². The molecule has 1 aromatic carbocycles. The van der Waals surface area contributed by atoms with Crippen LogP contribution in [0.15, 0.2) is 23.1 Å². The number of benzene rings is 1. The third kappa shape index (κ3) is 4.27. The van der Waals surface area contributed by atoms with Gasteiger partial charge in [-0.2, -0.15) is 11.8 Å². The average molecular weight is 316 g/mol. The summed E-state index contributed by atoms with van der Waals surface area (Å²) in [6, 6.07) is 4.72. The highest BCUT2D eigenvalue weighted by Gasteiger charge is 2.12. The first-order valence-electron chi connectivity index (χ1n) is 6.43. The van der Waals surface area contributed by atoms with Crippen LogP contribution in [0.1, 0.15) is 0 Å². The topological polar surface area (TPSA) is 101 Å². The van der Waals surface area contributed by atoms with Crippen molar-refractivity contribution in [2.45, 2.75) is 4.90 Å². The van der Waals surface area contributed by atoms with Crippen molar-refractivity contribution in [3.05, 3.63) is 18.2 Å². The highest BCUT2D eigenvalue weighted by atomic mass is 32.2. The maximum atomic E-state index is 11.3. The summed E-state index contributed by atoms with van der Waals surface area (Å²) in [6.45, 7) is 4.02. The second-order valence-electron chi connectivity index (χ2n) is 4.68. The Morgan fingerprint density at radius 1 is 1.30 bits per heavy atom. The zero-order valence-corrected chi connectivity index (χ0v) is 12.8. The molecule has 112 valence electrons. The van der Waals surface area contributed by atoms with Gasteiger partial charge in [0.05, 0.1) is 5.69 Å². The van der Waals surface area contributed by atoms with Crippen LogP contribution in [0.3, 0.4) is 0 Å². The second kappa shape index (κ2) is 6.66. The van der Waals surface area contributed by atoms with Gasteiger partial charge >= 0.3 is 0 Å². The Hall–Kier alpha value is -0.960. The van der Waals surface area contributed by atoms with Gasteiger partial charge in [-0.25, -0.2) is 13.6 Å². The molecule has 1 aliphatic rings. The maximum absolute atomic E-state index is 11.3. The lowest BCUT2D eigenvalue weighted by Crippen LogP contribution is -2.36. The Balaban J connectivity index is 1.89. The molecule has 2 rings (SSSR count). The summed E-state index contributed by atoms with van der Waals surface area (Å²) in [5.74, 6) is 2.38. The van der Waals surface area contributed by atoms with Gasteiger partial charge < -0.3 is 11.1 Å². The number of anilines is 2. The summed E-state index contributed by atoms with van der Waals surface area (Å²) < 4.78 is 22.5. The fourth-order valence-corrected chi connectivity index (χ4v) is 3.72. The molecule has 0 aliphatic carbocycles. The van der Waals surface area contributed by atoms with E-state index in [1.165, 1.54) is 17.6 Å². The van der Waals surface area contributed by atoms with Crippen LogP contribution in [0.5, 0.6) is 0 Å². The maximum Gasteiger partial charge on any atom is 0.240 e. The van der Waals surface area contributed by atoms with Gasteiger partial charge in [0.2, 0.25) is 10.0 Å². The van der Waals surface area contributed by atoms with E-state index in [-0.39, 0.29) is 10.6 Å². The summed E-state index contributed by atoms with van der Waals surface area (Å²) >= 11 is 1.99. The third-order valence-electron chi connectivity index (χ3n) is 3.18. The number of nitrogens with zero attached hydrogens (tertiary/aromatic N) is 1. The van der Waals surface area contributed by atoms with E-state index in [9.17, 15) is 8.42 Å². The molecule has 0 unspecified atom stereocenters. The van der Waals surface area contributed by atoms with Crippen molar-refractivity contribution in [1.29, 1.82) is 0 Å². The molecule has 0 spiro atoms. The molecule has 20 heavy (non-hydrogen) atoms. The van der Waals surface area contributed by atoms with Gasteiger partial charge in [0, 0.05) is 43.4 Å². The molecule has 8 heteroatoms. The third-order valence-corrected chi connectivity index (χ3v) is 5.10. The van der Waals surface area contributed by atoms with E-state index in [1.54, 1.807) is 12.1 Å². The number of nitrogens with two attached hydrogens (primary N) is 2. The average Bonchev–Trinajstić information content (AvgIpc) is 2.38. The molecule has 0 bridgehead atoms. The molecule has 1 aromatic rings. The first-order chi connectivity index (χ1) is 9.47. The van der Waals surface area contributed by atoms with E-state index in [4.69, 9.17) is 10.9 Å². The Kier molecular flexibility index (Phi) is 5.14. The Morgan fingerprint density at radius 2 is 2.00 bits per heavy atom. The van der Waals surface area contributed by atoms with Crippen LogP contribution in [0.25, 0.3) is 0 Å². The van der Waals surface area contributed by atoms with E-state index < -0.39 is 10.0 Å². The van der Waals surface area contributed by atoms with Crippen LogP contribution in [-0.2, 0) is 10.0 Å². The van der Waals surface area contributed by atoms with Crippen molar-refractivity contribution in [3.8, 4) is 0 Å². The molecule has 5 N–H and O–H groups in total. The van der Waals surface area contributed by atoms with Crippen LogP contribution in [0, 0.1) is 0 Å². The highest BCUT2D eigenvalue weighted by molar-refractivity contribution is 7.99. The van der Waals surface area contributed by atoms with Crippen LogP contribution in [-0.4, -0.2) is 51.0 Å². The number of sulfonamides is 1. The molecule has 0 amide bonds. The molecule has 0 atom stereocenters. The van der Waals surface area contributed by atoms with Gasteiger partial charge in [0.15, 0.2) is 0 Å². The van der Waals surface area contributed by atoms with Crippen molar-refractivity contribution in [1.82, 2.24) is 4.90 Å². The zero-order chi connectivity index (χ0) is 14.6. The van der Waals surface area contributed by atoms with Crippen LogP contribution < -0.4 is 16.2 Å². The first kappa shape index (κ1) is 15.4. The van der Waals surface area contributed by atoms with Crippen molar-refractivity contribution >= 4 is 33.2 Å². The number of hydrogen-bond donors (Lipinski definition) is 3. The quantitative estimate of drug-likeness (QED) is 0.679. The lowest BCUT2D eigenvalue weighted by atomic mass is 10.3. The molecule has 1 heterocycles. The van der Waals surface area contributed by atoms with Crippen LogP contribution in [0.2, 0.25) is 0 Å². The summed E-state index contributed by atoms with van der Waals surface area (Å²) in [4.78, 5) is 2.38. The molecule has 0 aromatic heterocycles. The summed E-state index contributed by atoms with van der Waals surface area (Å²) in [5, 5.41) is 8.32. The molecule has 0 saturated carbocycles. The number of primary sulfonamides is 1. The van der Waals surface area contributed by atoms with Crippen molar-refractivity contribution in [2.24, 2.45) is 5.14 Å². The fourth-order valence-electron chi connectivity index (χ4n) is 2.10. The second-order valence-corrected chi connectivity index (χ2v) is 7.43. The van der Waals surface area contributed by atoms with Crippen molar-refractivity contribution in [2.75, 3.05) is 48.7 Å². The molecule has 1 aliphatic heterocycles. The molecule has 1 saturated heterocycles. The Morgan fingerprint density at radius 3 is 2.60 bits per heavy atom. The van der Waals surface area contributed by atoms with E-state index in [0.29, 0.717) is 0 Å². The van der Waals surface area contributed by atoms with Gasteiger partial charge in [-0.3, -0.25) is 4.90 Å². The SMILES string of the molecule is Nc1cc(NCCN2CCSCC2)ccc1S(N)(=O)=O. The van der Waals surface area contributed by atoms with E-state index in [2.05, 4.69) is 10.2 Å². The highest BCUT2D eigenvalue weighted by Crippen LogP contribution is 2.21. The van der Waals surface area contributed by atoms with Gasteiger partial charge in [-0.05, 0) is 18.2 Å². The first-order valence-corrected chi connectivity index (χ1v) is 9.13. The van der Waals surface area contributed by atoms with Gasteiger partial charge in [0.1, 0.15) is 4.90 Å². The zero-order valence-electron chi connectivity index (χ0n) is 11.2. The molecule has 0 radical (unpaired) electrons. The summed E-state index contributed by atoms with van der Waals surface area (Å²) in [7, 11) is -3.75. The van der Waals surface area contributed by atoms with E-state index in [1.807, 2.05) is 11.8 Å². The Labute approximate surface area is 123 Å². The minimum Gasteiger partial charge on any atom is -0.398 e. The predicted octanol–water partition coefficient (Wildman–Crippen LogP) is 0.377. The number of nitrogen functional groups attached to an aromatic ring is 1. The van der Waals surface area contributed by atoms with Crippen LogP contribution >= 0.6 is 11.8 Å². The largest absolute Gasteiger partial charge is 0.398 e. The minimum absolute atomic E-state index is 0.0314. The molecular weight excluding hydrogens is 296 g/mol. The smallest absolute Gasteiger partial charge is 0.240 e. The van der Waals surface area contributed by atoms with Crippen molar-refractivity contribution < 1.29 is 8.42 Å². The van der Waals surface area contributed by atoms with Crippen LogP contribution in [0.4, 0.5) is 11.4 Å². The summed E-state index contributed by atoms with van der Waals surface area (Å²) in [6.07, 6.45) is 0. The molecular formula is C12H20N4O2S2. The van der Waals surface area contributed by atoms with Gasteiger partial charge in [-0.1, -0.05) is 0 Å². The number of rotatable bonds is 5. The van der Waals surface area contributed by atoms with Gasteiger partial charge in [0.25, 0.3) is 0 Å². The molecule has 1 fully saturated rings. The minimum atomic E-state index is -3.75. The number of thioether (sulfide) groups is 1. The number of hydrogen-bond acceptors (Lipinski definition) is 6. The monoisotopic (exact) mass is 316 g/mol. The van der Waals surface area contributed by atoms with Gasteiger partial charge in [-0.15, -0.1) is 0 Å². The van der Waals surface area contributed by atoms with Crippen molar-refractivity contribution in [3.63, 3.8) is 0 Å². The summed E-state index contributed by atoms with van der Waals surface area (Å²) in [5.41, 5.74) is 6.69. The predicted molar refractivity (Wildman–Crippen MR) is 84.5 cm³/mol. The lowest BCUT2D eigenvalue weighted by Gasteiger charge is -2.26. The fraction of sp³-hybridized carbons (Fsp3) is 0.500. The standard InChI is InChI=1S/C12H20N4O2S2/c13-11-9-10(1-2-12(11)20(14,17)18)15-3-4-16-5-7-19-8-6-16/h1-2,9,15H,3-8,13H2,(H2,14,17,18). The number of nitrogens with one attached hydrogen (secondary N) is 1. The van der Waals surface area contributed by atoms with E-state index >= 15 is 0 Å².